The van der Waals surface area contributed by atoms with E-state index in [1.165, 1.54) is 11.1 Å². The van der Waals surface area contributed by atoms with Gasteiger partial charge in [0.05, 0.1) is 12.7 Å². The molecule has 1 heteroatoms. The summed E-state index contributed by atoms with van der Waals surface area (Å²) >= 11 is 0. The van der Waals surface area contributed by atoms with Crippen LogP contribution in [0.3, 0.4) is 0 Å². The van der Waals surface area contributed by atoms with Crippen molar-refractivity contribution >= 4 is 0 Å². The molecule has 2 aromatic carbocycles. The monoisotopic (exact) mass is 226 g/mol. The summed E-state index contributed by atoms with van der Waals surface area (Å²) < 4.78 is 5.83. The van der Waals surface area contributed by atoms with Crippen molar-refractivity contribution < 1.29 is 4.74 Å². The van der Waals surface area contributed by atoms with E-state index in [2.05, 4.69) is 43.3 Å². The van der Waals surface area contributed by atoms with Crippen LogP contribution in [0.2, 0.25) is 0 Å². The van der Waals surface area contributed by atoms with Crippen molar-refractivity contribution in [1.82, 2.24) is 0 Å². The zero-order valence-corrected chi connectivity index (χ0v) is 10.2. The lowest BCUT2D eigenvalue weighted by Gasteiger charge is -2.13. The fraction of sp³-hybridized carbons (Fsp3) is 0.250. The summed E-state index contributed by atoms with van der Waals surface area (Å²) in [7, 11) is 0. The molecule has 0 unspecified atom stereocenters. The van der Waals surface area contributed by atoms with Gasteiger partial charge in [0.15, 0.2) is 0 Å². The molecule has 1 nitrogen and oxygen atoms in total. The standard InChI is InChI=1S/C16H18O/c1-14(16-10-6-3-7-11-16)17-13-12-15-8-4-2-5-9-15/h2-11,14H,12-13H2,1H3/t14-/m1/s1. The van der Waals surface area contributed by atoms with Crippen LogP contribution in [0.4, 0.5) is 0 Å². The van der Waals surface area contributed by atoms with Gasteiger partial charge in [0.1, 0.15) is 0 Å². The van der Waals surface area contributed by atoms with Gasteiger partial charge in [-0.15, -0.1) is 0 Å². The fourth-order valence-electron chi connectivity index (χ4n) is 1.82. The molecule has 0 amide bonds. The number of rotatable bonds is 5. The van der Waals surface area contributed by atoms with Crippen LogP contribution in [0.15, 0.2) is 60.7 Å². The molecule has 0 saturated heterocycles. The molecule has 0 aromatic heterocycles. The van der Waals surface area contributed by atoms with Gasteiger partial charge in [-0.3, -0.25) is 0 Å². The molecule has 2 aromatic rings. The highest BCUT2D eigenvalue weighted by atomic mass is 16.5. The molecule has 0 fully saturated rings. The number of hydrogen-bond donors (Lipinski definition) is 0. The summed E-state index contributed by atoms with van der Waals surface area (Å²) in [6, 6.07) is 20.8. The zero-order valence-electron chi connectivity index (χ0n) is 10.2. The quantitative estimate of drug-likeness (QED) is 0.748. The third kappa shape index (κ3) is 3.72. The maximum absolute atomic E-state index is 5.83. The van der Waals surface area contributed by atoms with Crippen LogP contribution in [0.1, 0.15) is 24.2 Å². The maximum atomic E-state index is 5.83. The van der Waals surface area contributed by atoms with E-state index in [-0.39, 0.29) is 6.10 Å². The van der Waals surface area contributed by atoms with Gasteiger partial charge in [0.2, 0.25) is 0 Å². The highest BCUT2D eigenvalue weighted by molar-refractivity contribution is 5.17. The van der Waals surface area contributed by atoms with E-state index in [9.17, 15) is 0 Å². The predicted molar refractivity (Wildman–Crippen MR) is 71.0 cm³/mol. The van der Waals surface area contributed by atoms with E-state index in [1.807, 2.05) is 24.3 Å². The second-order valence-corrected chi connectivity index (χ2v) is 4.16. The third-order valence-corrected chi connectivity index (χ3v) is 2.87. The molecule has 88 valence electrons. The summed E-state index contributed by atoms with van der Waals surface area (Å²) in [5.74, 6) is 0. The van der Waals surface area contributed by atoms with Crippen LogP contribution in [0.25, 0.3) is 0 Å². The first-order valence-electron chi connectivity index (χ1n) is 6.07. The largest absolute Gasteiger partial charge is 0.373 e. The Labute approximate surface area is 103 Å². The van der Waals surface area contributed by atoms with Gasteiger partial charge >= 0.3 is 0 Å². The molecule has 0 bridgehead atoms. The molecular weight excluding hydrogens is 208 g/mol. The second kappa shape index (κ2) is 6.21. The van der Waals surface area contributed by atoms with Gasteiger partial charge in [-0.05, 0) is 24.5 Å². The Hall–Kier alpha value is -1.60. The van der Waals surface area contributed by atoms with Crippen LogP contribution in [0, 0.1) is 0 Å². The summed E-state index contributed by atoms with van der Waals surface area (Å²) in [6.07, 6.45) is 1.14. The molecule has 0 aliphatic heterocycles. The Kier molecular flexibility index (Phi) is 4.34. The van der Waals surface area contributed by atoms with Gasteiger partial charge < -0.3 is 4.74 Å². The highest BCUT2D eigenvalue weighted by Gasteiger charge is 2.04. The Morgan fingerprint density at radius 3 is 2.12 bits per heavy atom. The number of benzene rings is 2. The minimum atomic E-state index is 0.167. The smallest absolute Gasteiger partial charge is 0.0796 e. The summed E-state index contributed by atoms with van der Waals surface area (Å²) in [5, 5.41) is 0. The van der Waals surface area contributed by atoms with Gasteiger partial charge in [-0.2, -0.15) is 0 Å². The fourth-order valence-corrected chi connectivity index (χ4v) is 1.82. The molecule has 0 saturated carbocycles. The normalized spacial score (nSPS) is 12.3. The maximum Gasteiger partial charge on any atom is 0.0796 e. The first-order valence-corrected chi connectivity index (χ1v) is 6.07. The lowest BCUT2D eigenvalue weighted by Crippen LogP contribution is -2.03. The number of hydrogen-bond acceptors (Lipinski definition) is 1. The minimum absolute atomic E-state index is 0.167. The van der Waals surface area contributed by atoms with Gasteiger partial charge in [0, 0.05) is 0 Å². The van der Waals surface area contributed by atoms with Crippen LogP contribution in [0.5, 0.6) is 0 Å². The SMILES string of the molecule is C[C@@H](OCCc1ccccc1)c1ccccc1. The average molecular weight is 226 g/mol. The molecule has 0 radical (unpaired) electrons. The molecule has 2 rings (SSSR count). The molecule has 17 heavy (non-hydrogen) atoms. The van der Waals surface area contributed by atoms with Crippen molar-refractivity contribution in [3.63, 3.8) is 0 Å². The van der Waals surface area contributed by atoms with Crippen molar-refractivity contribution in [2.75, 3.05) is 6.61 Å². The van der Waals surface area contributed by atoms with Crippen molar-refractivity contribution in [1.29, 1.82) is 0 Å². The zero-order chi connectivity index (χ0) is 11.9. The molecule has 0 heterocycles. The molecule has 0 N–H and O–H groups in total. The van der Waals surface area contributed by atoms with Crippen molar-refractivity contribution in [3.8, 4) is 0 Å². The Morgan fingerprint density at radius 1 is 0.882 bits per heavy atom. The Balaban J connectivity index is 1.79. The summed E-state index contributed by atoms with van der Waals surface area (Å²) in [5.41, 5.74) is 2.56. The topological polar surface area (TPSA) is 9.23 Å². The predicted octanol–water partition coefficient (Wildman–Crippen LogP) is 4.01. The minimum Gasteiger partial charge on any atom is -0.373 e. The van der Waals surface area contributed by atoms with Crippen LogP contribution >= 0.6 is 0 Å². The molecule has 0 spiro atoms. The molecular formula is C16H18O. The van der Waals surface area contributed by atoms with Crippen molar-refractivity contribution in [2.45, 2.75) is 19.4 Å². The molecule has 1 atom stereocenters. The van der Waals surface area contributed by atoms with Gasteiger partial charge in [0.25, 0.3) is 0 Å². The highest BCUT2D eigenvalue weighted by Crippen LogP contribution is 2.16. The lowest BCUT2D eigenvalue weighted by molar-refractivity contribution is 0.0681. The van der Waals surface area contributed by atoms with Crippen LogP contribution < -0.4 is 0 Å². The van der Waals surface area contributed by atoms with E-state index < -0.39 is 0 Å². The Morgan fingerprint density at radius 2 is 1.47 bits per heavy atom. The van der Waals surface area contributed by atoms with Crippen LogP contribution in [-0.2, 0) is 11.2 Å². The lowest BCUT2D eigenvalue weighted by atomic mass is 10.1. The van der Waals surface area contributed by atoms with Crippen molar-refractivity contribution in [2.24, 2.45) is 0 Å². The first kappa shape index (κ1) is 11.9. The second-order valence-electron chi connectivity index (χ2n) is 4.16. The van der Waals surface area contributed by atoms with Crippen LogP contribution in [-0.4, -0.2) is 6.61 Å². The molecule has 0 aliphatic carbocycles. The number of ether oxygens (including phenoxy) is 1. The van der Waals surface area contributed by atoms with E-state index >= 15 is 0 Å². The third-order valence-electron chi connectivity index (χ3n) is 2.87. The average Bonchev–Trinajstić information content (AvgIpc) is 2.41. The summed E-state index contributed by atoms with van der Waals surface area (Å²) in [6.45, 7) is 2.86. The Bertz CT molecular complexity index is 422. The summed E-state index contributed by atoms with van der Waals surface area (Å²) in [4.78, 5) is 0. The van der Waals surface area contributed by atoms with E-state index in [1.54, 1.807) is 0 Å². The van der Waals surface area contributed by atoms with E-state index in [4.69, 9.17) is 4.74 Å². The first-order chi connectivity index (χ1) is 8.36. The molecule has 0 aliphatic rings. The van der Waals surface area contributed by atoms with E-state index in [0.29, 0.717) is 0 Å². The van der Waals surface area contributed by atoms with Gasteiger partial charge in [-0.25, -0.2) is 0 Å². The van der Waals surface area contributed by atoms with Gasteiger partial charge in [-0.1, -0.05) is 60.7 Å². The van der Waals surface area contributed by atoms with E-state index in [0.717, 1.165) is 13.0 Å². The van der Waals surface area contributed by atoms with Crippen molar-refractivity contribution in [3.05, 3.63) is 71.8 Å².